The van der Waals surface area contributed by atoms with Gasteiger partial charge in [-0.3, -0.25) is 4.79 Å². The monoisotopic (exact) mass is 430 g/mol. The highest BCUT2D eigenvalue weighted by Crippen LogP contribution is 2.18. The zero-order valence-corrected chi connectivity index (χ0v) is 19.0. The molecule has 1 atom stereocenters. The molecule has 0 spiro atoms. The van der Waals surface area contributed by atoms with E-state index in [0.29, 0.717) is 25.4 Å². The molecule has 0 bridgehead atoms. The third-order valence-corrected chi connectivity index (χ3v) is 6.43. The van der Waals surface area contributed by atoms with Crippen molar-refractivity contribution in [2.24, 2.45) is 13.0 Å². The number of alkyl carbamates (subject to hydrolysis) is 1. The van der Waals surface area contributed by atoms with E-state index in [4.69, 9.17) is 4.74 Å². The van der Waals surface area contributed by atoms with Gasteiger partial charge in [0.15, 0.2) is 0 Å². The van der Waals surface area contributed by atoms with Gasteiger partial charge in [0.1, 0.15) is 10.6 Å². The molecule has 1 aromatic heterocycles. The number of hydrogen-bond donors (Lipinski definition) is 2. The number of aryl methyl sites for hydroxylation is 1. The maximum Gasteiger partial charge on any atom is 0.407 e. The van der Waals surface area contributed by atoms with E-state index in [1.807, 2.05) is 13.8 Å². The van der Waals surface area contributed by atoms with Crippen molar-refractivity contribution < 1.29 is 22.7 Å². The third kappa shape index (κ3) is 7.04. The van der Waals surface area contributed by atoms with Gasteiger partial charge in [0.25, 0.3) is 5.91 Å². The number of rotatable bonds is 11. The minimum absolute atomic E-state index is 0.0808. The van der Waals surface area contributed by atoms with Crippen LogP contribution in [0.3, 0.4) is 0 Å². The molecule has 2 N–H and O–H groups in total. The molecule has 1 aromatic rings. The number of carbonyl (C=O) groups excluding carboxylic acids is 2. The van der Waals surface area contributed by atoms with E-state index in [-0.39, 0.29) is 29.8 Å². The Hall–Kier alpha value is -2.07. The summed E-state index contributed by atoms with van der Waals surface area (Å²) in [5, 5.41) is 5.52. The molecule has 1 unspecified atom stereocenters. The minimum atomic E-state index is -3.65. The van der Waals surface area contributed by atoms with Gasteiger partial charge in [-0.1, -0.05) is 27.7 Å². The van der Waals surface area contributed by atoms with Crippen molar-refractivity contribution >= 4 is 22.0 Å². The molecule has 1 heterocycles. The van der Waals surface area contributed by atoms with Gasteiger partial charge in [-0.2, -0.15) is 4.31 Å². The first-order valence-electron chi connectivity index (χ1n) is 9.94. The molecule has 2 amide bonds. The zero-order valence-electron chi connectivity index (χ0n) is 18.2. The van der Waals surface area contributed by atoms with Crippen molar-refractivity contribution in [3.05, 3.63) is 18.0 Å². The fourth-order valence-electron chi connectivity index (χ4n) is 3.02. The Kier molecular flexibility index (Phi) is 9.64. The highest BCUT2D eigenvalue weighted by Gasteiger charge is 2.25. The average Bonchev–Trinajstić information content (AvgIpc) is 3.02. The number of ether oxygens (including phenoxy) is 1. The Morgan fingerprint density at radius 2 is 1.83 bits per heavy atom. The topological polar surface area (TPSA) is 110 Å². The molecule has 0 fully saturated rings. The number of nitrogens with one attached hydrogen (secondary N) is 2. The summed E-state index contributed by atoms with van der Waals surface area (Å²) in [7, 11) is -2.02. The van der Waals surface area contributed by atoms with Gasteiger partial charge >= 0.3 is 6.09 Å². The number of carbonyl (C=O) groups is 2. The summed E-state index contributed by atoms with van der Waals surface area (Å²) in [6.07, 6.45) is 1.57. The van der Waals surface area contributed by atoms with Crippen LogP contribution < -0.4 is 10.6 Å². The Morgan fingerprint density at radius 3 is 2.34 bits per heavy atom. The van der Waals surface area contributed by atoms with Crippen LogP contribution in [0, 0.1) is 5.92 Å². The zero-order chi connectivity index (χ0) is 22.2. The first-order valence-corrected chi connectivity index (χ1v) is 11.4. The van der Waals surface area contributed by atoms with Gasteiger partial charge in [-0.05, 0) is 25.3 Å². The lowest BCUT2D eigenvalue weighted by Crippen LogP contribution is -2.44. The Bertz CT molecular complexity index is 785. The van der Waals surface area contributed by atoms with Crippen molar-refractivity contribution in [1.29, 1.82) is 0 Å². The summed E-state index contributed by atoms with van der Waals surface area (Å²) in [5.41, 5.74) is 0.232. The molecule has 0 aliphatic carbocycles. The highest BCUT2D eigenvalue weighted by molar-refractivity contribution is 7.89. The van der Waals surface area contributed by atoms with Gasteiger partial charge in [-0.15, -0.1) is 0 Å². The molecule has 0 saturated heterocycles. The van der Waals surface area contributed by atoms with Crippen LogP contribution in [0.1, 0.15) is 51.5 Å². The van der Waals surface area contributed by atoms with Crippen LogP contribution in [0.15, 0.2) is 17.2 Å². The molecule has 9 nitrogen and oxygen atoms in total. The fourth-order valence-corrected chi connectivity index (χ4v) is 4.55. The summed E-state index contributed by atoms with van der Waals surface area (Å²) < 4.78 is 33.1. The van der Waals surface area contributed by atoms with E-state index in [1.165, 1.54) is 21.1 Å². The highest BCUT2D eigenvalue weighted by atomic mass is 32.2. The minimum Gasteiger partial charge on any atom is -0.450 e. The van der Waals surface area contributed by atoms with E-state index < -0.39 is 22.0 Å². The molecule has 1 rings (SSSR count). The molecular formula is C19H34N4O5S. The molecule has 0 aromatic carbocycles. The van der Waals surface area contributed by atoms with Crippen LogP contribution in [-0.2, 0) is 21.8 Å². The molecule has 29 heavy (non-hydrogen) atoms. The standard InChI is InChI=1S/C19H34N4O5S/c1-7-23(8-2)29(26,27)16-11-17(22(6)13-16)18(24)20-12-15(10-14(4)5)21-19(25)28-9-3/h11,13-15H,7-10,12H2,1-6H3,(H,20,24)(H,21,25). The van der Waals surface area contributed by atoms with Gasteiger partial charge in [0.05, 0.1) is 6.61 Å². The molecule has 10 heteroatoms. The molecular weight excluding hydrogens is 396 g/mol. The first kappa shape index (κ1) is 25.0. The van der Waals surface area contributed by atoms with Gasteiger partial charge < -0.3 is 19.9 Å². The van der Waals surface area contributed by atoms with Crippen LogP contribution in [-0.4, -0.2) is 61.6 Å². The molecule has 0 radical (unpaired) electrons. The van der Waals surface area contributed by atoms with E-state index in [0.717, 1.165) is 0 Å². The van der Waals surface area contributed by atoms with E-state index in [2.05, 4.69) is 10.6 Å². The summed E-state index contributed by atoms with van der Waals surface area (Å²) in [6.45, 7) is 10.5. The van der Waals surface area contributed by atoms with Gasteiger partial charge in [-0.25, -0.2) is 13.2 Å². The predicted octanol–water partition coefficient (Wildman–Crippen LogP) is 1.95. The molecule has 0 aliphatic rings. The lowest BCUT2D eigenvalue weighted by molar-refractivity contribution is 0.0936. The van der Waals surface area contributed by atoms with Gasteiger partial charge in [0.2, 0.25) is 10.0 Å². The van der Waals surface area contributed by atoms with Crippen LogP contribution >= 0.6 is 0 Å². The maximum atomic E-state index is 12.7. The molecule has 166 valence electrons. The third-order valence-electron chi connectivity index (χ3n) is 4.42. The number of sulfonamides is 1. The summed E-state index contributed by atoms with van der Waals surface area (Å²) >= 11 is 0. The molecule has 0 aliphatic heterocycles. The van der Waals surface area contributed by atoms with Crippen LogP contribution in [0.5, 0.6) is 0 Å². The summed E-state index contributed by atoms with van der Waals surface area (Å²) in [5.74, 6) is -0.104. The van der Waals surface area contributed by atoms with Crippen molar-refractivity contribution in [1.82, 2.24) is 19.5 Å². The second-order valence-electron chi connectivity index (χ2n) is 7.16. The lowest BCUT2D eigenvalue weighted by Gasteiger charge is -2.20. The lowest BCUT2D eigenvalue weighted by atomic mass is 10.0. The normalized spacial score (nSPS) is 12.8. The SMILES string of the molecule is CCOC(=O)NC(CNC(=O)c1cc(S(=O)(=O)N(CC)CC)cn1C)CC(C)C. The van der Waals surface area contributed by atoms with Crippen molar-refractivity contribution in [2.45, 2.75) is 52.0 Å². The van der Waals surface area contributed by atoms with Crippen molar-refractivity contribution in [3.8, 4) is 0 Å². The maximum absolute atomic E-state index is 12.7. The van der Waals surface area contributed by atoms with Crippen LogP contribution in [0.25, 0.3) is 0 Å². The van der Waals surface area contributed by atoms with E-state index in [1.54, 1.807) is 27.8 Å². The van der Waals surface area contributed by atoms with E-state index in [9.17, 15) is 18.0 Å². The summed E-state index contributed by atoms with van der Waals surface area (Å²) in [4.78, 5) is 24.4. The second kappa shape index (κ2) is 11.2. The van der Waals surface area contributed by atoms with E-state index >= 15 is 0 Å². The quantitative estimate of drug-likeness (QED) is 0.558. The molecule has 0 saturated carbocycles. The summed E-state index contributed by atoms with van der Waals surface area (Å²) in [6, 6.07) is 1.08. The van der Waals surface area contributed by atoms with Crippen molar-refractivity contribution in [3.63, 3.8) is 0 Å². The number of aromatic nitrogens is 1. The van der Waals surface area contributed by atoms with Gasteiger partial charge in [0, 0.05) is 38.9 Å². The van der Waals surface area contributed by atoms with Crippen molar-refractivity contribution in [2.75, 3.05) is 26.2 Å². The predicted molar refractivity (Wildman–Crippen MR) is 111 cm³/mol. The Labute approximate surface area is 173 Å². The number of amides is 2. The average molecular weight is 431 g/mol. The number of hydrogen-bond acceptors (Lipinski definition) is 5. The smallest absolute Gasteiger partial charge is 0.407 e. The van der Waals surface area contributed by atoms with Crippen LogP contribution in [0.4, 0.5) is 4.79 Å². The fraction of sp³-hybridized carbons (Fsp3) is 0.684. The Balaban J connectivity index is 2.90. The Morgan fingerprint density at radius 1 is 1.21 bits per heavy atom. The number of nitrogens with zero attached hydrogens (tertiary/aromatic N) is 2. The largest absolute Gasteiger partial charge is 0.450 e. The first-order chi connectivity index (χ1) is 13.6. The second-order valence-corrected chi connectivity index (χ2v) is 9.10. The van der Waals surface area contributed by atoms with Crippen LogP contribution in [0.2, 0.25) is 0 Å².